The molecule has 0 saturated carbocycles. The number of amides is 3. The molecule has 3 amide bonds. The third-order valence-corrected chi connectivity index (χ3v) is 5.11. The van der Waals surface area contributed by atoms with Gasteiger partial charge in [0, 0.05) is 43.9 Å². The van der Waals surface area contributed by atoms with Crippen LogP contribution in [-0.4, -0.2) is 48.8 Å². The molecule has 0 aromatic heterocycles. The summed E-state index contributed by atoms with van der Waals surface area (Å²) in [4.78, 5) is 40.6. The SMILES string of the molecule is CCCNC(=O)C1CCCN(C(=O)c2cccc(N3CCCC3=O)c2)C1. The van der Waals surface area contributed by atoms with E-state index in [0.29, 0.717) is 38.2 Å². The Kier molecular flexibility index (Phi) is 5.91. The molecule has 0 spiro atoms. The molecule has 2 heterocycles. The van der Waals surface area contributed by atoms with Crippen molar-refractivity contribution in [1.29, 1.82) is 0 Å². The van der Waals surface area contributed by atoms with Crippen molar-refractivity contribution >= 4 is 23.4 Å². The van der Waals surface area contributed by atoms with Gasteiger partial charge in [0.15, 0.2) is 0 Å². The van der Waals surface area contributed by atoms with E-state index in [4.69, 9.17) is 0 Å². The topological polar surface area (TPSA) is 69.7 Å². The molecule has 6 heteroatoms. The highest BCUT2D eigenvalue weighted by Crippen LogP contribution is 2.24. The quantitative estimate of drug-likeness (QED) is 0.878. The molecule has 2 aliphatic rings. The molecule has 1 atom stereocenters. The molecule has 0 aliphatic carbocycles. The number of carbonyl (C=O) groups excluding carboxylic acids is 3. The van der Waals surface area contributed by atoms with E-state index >= 15 is 0 Å². The average molecular weight is 357 g/mol. The molecule has 140 valence electrons. The Morgan fingerprint density at radius 2 is 2.08 bits per heavy atom. The third-order valence-electron chi connectivity index (χ3n) is 5.11. The molecule has 1 aromatic rings. The molecule has 0 radical (unpaired) electrons. The maximum atomic E-state index is 12.9. The smallest absolute Gasteiger partial charge is 0.253 e. The minimum absolute atomic E-state index is 0.0424. The fourth-order valence-corrected chi connectivity index (χ4v) is 3.68. The Balaban J connectivity index is 1.68. The monoisotopic (exact) mass is 357 g/mol. The summed E-state index contributed by atoms with van der Waals surface area (Å²) in [6.07, 6.45) is 3.99. The summed E-state index contributed by atoms with van der Waals surface area (Å²) in [6.45, 7) is 4.54. The predicted octanol–water partition coefficient (Wildman–Crippen LogP) is 2.19. The highest BCUT2D eigenvalue weighted by Gasteiger charge is 2.29. The van der Waals surface area contributed by atoms with E-state index in [1.165, 1.54) is 0 Å². The Morgan fingerprint density at radius 1 is 1.23 bits per heavy atom. The van der Waals surface area contributed by atoms with Crippen LogP contribution in [0.15, 0.2) is 24.3 Å². The third kappa shape index (κ3) is 4.06. The second-order valence-corrected chi connectivity index (χ2v) is 7.08. The van der Waals surface area contributed by atoms with Gasteiger partial charge >= 0.3 is 0 Å². The predicted molar refractivity (Wildman–Crippen MR) is 100.0 cm³/mol. The van der Waals surface area contributed by atoms with Gasteiger partial charge in [-0.05, 0) is 43.9 Å². The molecule has 6 nitrogen and oxygen atoms in total. The number of nitrogens with one attached hydrogen (secondary N) is 1. The van der Waals surface area contributed by atoms with Gasteiger partial charge in [0.1, 0.15) is 0 Å². The van der Waals surface area contributed by atoms with Gasteiger partial charge in [-0.2, -0.15) is 0 Å². The van der Waals surface area contributed by atoms with Crippen LogP contribution in [-0.2, 0) is 9.59 Å². The first-order valence-corrected chi connectivity index (χ1v) is 9.57. The molecule has 0 bridgehead atoms. The normalized spacial score (nSPS) is 20.3. The number of hydrogen-bond donors (Lipinski definition) is 1. The number of carbonyl (C=O) groups is 3. The van der Waals surface area contributed by atoms with Crippen LogP contribution in [0, 0.1) is 5.92 Å². The summed E-state index contributed by atoms with van der Waals surface area (Å²) in [5.74, 6) is -0.0462. The Labute approximate surface area is 154 Å². The largest absolute Gasteiger partial charge is 0.356 e. The van der Waals surface area contributed by atoms with Crippen molar-refractivity contribution < 1.29 is 14.4 Å². The molecule has 2 saturated heterocycles. The van der Waals surface area contributed by atoms with Crippen LogP contribution < -0.4 is 10.2 Å². The molecular weight excluding hydrogens is 330 g/mol. The lowest BCUT2D eigenvalue weighted by Crippen LogP contribution is -2.45. The number of benzene rings is 1. The van der Waals surface area contributed by atoms with Crippen molar-refractivity contribution in [3.05, 3.63) is 29.8 Å². The molecular formula is C20H27N3O3. The van der Waals surface area contributed by atoms with Crippen LogP contribution >= 0.6 is 0 Å². The van der Waals surface area contributed by atoms with Crippen molar-refractivity contribution in [1.82, 2.24) is 10.2 Å². The van der Waals surface area contributed by atoms with Gasteiger partial charge in [-0.3, -0.25) is 14.4 Å². The van der Waals surface area contributed by atoms with Gasteiger partial charge in [0.2, 0.25) is 11.8 Å². The van der Waals surface area contributed by atoms with Gasteiger partial charge in [0.25, 0.3) is 5.91 Å². The van der Waals surface area contributed by atoms with Crippen molar-refractivity contribution in [3.63, 3.8) is 0 Å². The van der Waals surface area contributed by atoms with Crippen LogP contribution in [0.2, 0.25) is 0 Å². The van der Waals surface area contributed by atoms with E-state index in [0.717, 1.165) is 31.4 Å². The first kappa shape index (κ1) is 18.4. The fourth-order valence-electron chi connectivity index (χ4n) is 3.68. The number of hydrogen-bond acceptors (Lipinski definition) is 3. The van der Waals surface area contributed by atoms with Gasteiger partial charge in [-0.25, -0.2) is 0 Å². The molecule has 1 unspecified atom stereocenters. The second-order valence-electron chi connectivity index (χ2n) is 7.08. The van der Waals surface area contributed by atoms with Crippen LogP contribution in [0.25, 0.3) is 0 Å². The number of anilines is 1. The first-order valence-electron chi connectivity index (χ1n) is 9.57. The summed E-state index contributed by atoms with van der Waals surface area (Å²) < 4.78 is 0. The first-order chi connectivity index (χ1) is 12.6. The number of piperidine rings is 1. The minimum Gasteiger partial charge on any atom is -0.356 e. The minimum atomic E-state index is -0.136. The number of nitrogens with zero attached hydrogens (tertiary/aromatic N) is 2. The molecule has 2 aliphatic heterocycles. The number of rotatable bonds is 5. The lowest BCUT2D eigenvalue weighted by molar-refractivity contribution is -0.126. The highest BCUT2D eigenvalue weighted by atomic mass is 16.2. The zero-order valence-corrected chi connectivity index (χ0v) is 15.4. The van der Waals surface area contributed by atoms with Gasteiger partial charge in [-0.15, -0.1) is 0 Å². The van der Waals surface area contributed by atoms with Crippen LogP contribution in [0.3, 0.4) is 0 Å². The van der Waals surface area contributed by atoms with Gasteiger partial charge < -0.3 is 15.1 Å². The zero-order chi connectivity index (χ0) is 18.5. The van der Waals surface area contributed by atoms with E-state index < -0.39 is 0 Å². The van der Waals surface area contributed by atoms with Crippen molar-refractivity contribution in [3.8, 4) is 0 Å². The van der Waals surface area contributed by atoms with Gasteiger partial charge in [0.05, 0.1) is 5.92 Å². The molecule has 2 fully saturated rings. The maximum absolute atomic E-state index is 12.9. The Morgan fingerprint density at radius 3 is 2.81 bits per heavy atom. The maximum Gasteiger partial charge on any atom is 0.253 e. The standard InChI is InChI=1S/C20H27N3O3/c1-2-10-21-19(25)16-7-4-11-22(14-16)20(26)15-6-3-8-17(13-15)23-12-5-9-18(23)24/h3,6,8,13,16H,2,4-5,7,9-12,14H2,1H3,(H,21,25). The van der Waals surface area contributed by atoms with Crippen LogP contribution in [0.4, 0.5) is 5.69 Å². The van der Waals surface area contributed by atoms with E-state index in [2.05, 4.69) is 5.32 Å². The lowest BCUT2D eigenvalue weighted by Gasteiger charge is -2.32. The van der Waals surface area contributed by atoms with Crippen LogP contribution in [0.1, 0.15) is 49.4 Å². The summed E-state index contributed by atoms with van der Waals surface area (Å²) in [5.41, 5.74) is 1.37. The van der Waals surface area contributed by atoms with E-state index in [-0.39, 0.29) is 23.6 Å². The summed E-state index contributed by atoms with van der Waals surface area (Å²) >= 11 is 0. The molecule has 1 aromatic carbocycles. The average Bonchev–Trinajstić information content (AvgIpc) is 3.11. The van der Waals surface area contributed by atoms with Crippen molar-refractivity contribution in [2.45, 2.75) is 39.0 Å². The molecule has 1 N–H and O–H groups in total. The number of likely N-dealkylation sites (tertiary alicyclic amines) is 1. The van der Waals surface area contributed by atoms with E-state index in [1.807, 2.05) is 19.1 Å². The zero-order valence-electron chi connectivity index (χ0n) is 15.4. The summed E-state index contributed by atoms with van der Waals surface area (Å²) in [7, 11) is 0. The van der Waals surface area contributed by atoms with E-state index in [9.17, 15) is 14.4 Å². The van der Waals surface area contributed by atoms with Crippen molar-refractivity contribution in [2.24, 2.45) is 5.92 Å². The van der Waals surface area contributed by atoms with Crippen LogP contribution in [0.5, 0.6) is 0 Å². The lowest BCUT2D eigenvalue weighted by atomic mass is 9.96. The molecule has 3 rings (SSSR count). The highest BCUT2D eigenvalue weighted by molar-refractivity contribution is 5.99. The fraction of sp³-hybridized carbons (Fsp3) is 0.550. The Hall–Kier alpha value is -2.37. The second kappa shape index (κ2) is 8.34. The summed E-state index contributed by atoms with van der Waals surface area (Å²) in [6, 6.07) is 7.28. The molecule has 26 heavy (non-hydrogen) atoms. The van der Waals surface area contributed by atoms with Crippen molar-refractivity contribution in [2.75, 3.05) is 31.1 Å². The Bertz CT molecular complexity index is 689. The van der Waals surface area contributed by atoms with Gasteiger partial charge in [-0.1, -0.05) is 13.0 Å². The summed E-state index contributed by atoms with van der Waals surface area (Å²) in [5, 5.41) is 2.93. The van der Waals surface area contributed by atoms with E-state index in [1.54, 1.807) is 21.9 Å².